The van der Waals surface area contributed by atoms with Crippen molar-refractivity contribution in [3.8, 4) is 0 Å². The van der Waals surface area contributed by atoms with E-state index in [4.69, 9.17) is 0 Å². The number of nitrogens with zero attached hydrogens (tertiary/aromatic N) is 2. The summed E-state index contributed by atoms with van der Waals surface area (Å²) in [6.07, 6.45) is 2.98. The van der Waals surface area contributed by atoms with Crippen LogP contribution >= 0.6 is 0 Å². The van der Waals surface area contributed by atoms with Crippen LogP contribution in [0.25, 0.3) is 0 Å². The SMILES string of the molecule is CCCC(=O)CN(C)CC1CCN(C)C1. The third-order valence-corrected chi connectivity index (χ3v) is 3.03. The van der Waals surface area contributed by atoms with Crippen LogP contribution in [0, 0.1) is 5.92 Å². The van der Waals surface area contributed by atoms with Gasteiger partial charge in [-0.15, -0.1) is 0 Å². The summed E-state index contributed by atoms with van der Waals surface area (Å²) in [5, 5.41) is 0. The lowest BCUT2D eigenvalue weighted by Crippen LogP contribution is -2.31. The molecule has 1 heterocycles. The van der Waals surface area contributed by atoms with Gasteiger partial charge < -0.3 is 4.90 Å². The van der Waals surface area contributed by atoms with E-state index in [0.717, 1.165) is 25.3 Å². The van der Waals surface area contributed by atoms with E-state index in [1.165, 1.54) is 19.5 Å². The van der Waals surface area contributed by atoms with Gasteiger partial charge in [0.05, 0.1) is 6.54 Å². The van der Waals surface area contributed by atoms with E-state index >= 15 is 0 Å². The van der Waals surface area contributed by atoms with Crippen molar-refractivity contribution in [3.05, 3.63) is 0 Å². The molecule has 0 aliphatic carbocycles. The highest BCUT2D eigenvalue weighted by molar-refractivity contribution is 5.80. The van der Waals surface area contributed by atoms with Gasteiger partial charge in [-0.05, 0) is 39.4 Å². The maximum absolute atomic E-state index is 11.4. The van der Waals surface area contributed by atoms with Gasteiger partial charge in [0.15, 0.2) is 0 Å². The van der Waals surface area contributed by atoms with E-state index in [1.807, 2.05) is 0 Å². The minimum atomic E-state index is 0.381. The van der Waals surface area contributed by atoms with Crippen molar-refractivity contribution < 1.29 is 4.79 Å². The molecule has 1 atom stereocenters. The Bertz CT molecular complexity index is 206. The van der Waals surface area contributed by atoms with Crippen LogP contribution in [0.15, 0.2) is 0 Å². The van der Waals surface area contributed by atoms with Crippen LogP contribution in [-0.2, 0) is 4.79 Å². The van der Waals surface area contributed by atoms with Crippen LogP contribution in [0.3, 0.4) is 0 Å². The number of hydrogen-bond acceptors (Lipinski definition) is 3. The fourth-order valence-electron chi connectivity index (χ4n) is 2.34. The molecule has 0 spiro atoms. The Kier molecular flexibility index (Phi) is 5.26. The molecule has 1 fully saturated rings. The van der Waals surface area contributed by atoms with Crippen molar-refractivity contribution in [2.75, 3.05) is 40.3 Å². The first-order valence-electron chi connectivity index (χ1n) is 6.00. The van der Waals surface area contributed by atoms with E-state index < -0.39 is 0 Å². The second kappa shape index (κ2) is 6.23. The Morgan fingerprint density at radius 2 is 2.27 bits per heavy atom. The summed E-state index contributed by atoms with van der Waals surface area (Å²) < 4.78 is 0. The van der Waals surface area contributed by atoms with Crippen LogP contribution in [0.2, 0.25) is 0 Å². The predicted molar refractivity (Wildman–Crippen MR) is 63.0 cm³/mol. The van der Waals surface area contributed by atoms with Crippen molar-refractivity contribution in [3.63, 3.8) is 0 Å². The lowest BCUT2D eigenvalue weighted by molar-refractivity contribution is -0.120. The molecule has 0 aromatic heterocycles. The smallest absolute Gasteiger partial charge is 0.146 e. The fourth-order valence-corrected chi connectivity index (χ4v) is 2.34. The molecule has 1 saturated heterocycles. The van der Waals surface area contributed by atoms with Gasteiger partial charge in [0.25, 0.3) is 0 Å². The summed E-state index contributed by atoms with van der Waals surface area (Å²) in [4.78, 5) is 16.0. The highest BCUT2D eigenvalue weighted by Gasteiger charge is 2.21. The number of hydrogen-bond donors (Lipinski definition) is 0. The lowest BCUT2D eigenvalue weighted by Gasteiger charge is -2.19. The molecular formula is C12H24N2O. The maximum Gasteiger partial charge on any atom is 0.146 e. The molecule has 0 aromatic rings. The van der Waals surface area contributed by atoms with Crippen molar-refractivity contribution >= 4 is 5.78 Å². The van der Waals surface area contributed by atoms with Crippen molar-refractivity contribution in [1.29, 1.82) is 0 Å². The minimum absolute atomic E-state index is 0.381. The van der Waals surface area contributed by atoms with Gasteiger partial charge in [-0.2, -0.15) is 0 Å². The molecule has 1 unspecified atom stereocenters. The molecule has 0 aromatic carbocycles. The van der Waals surface area contributed by atoms with Crippen LogP contribution in [-0.4, -0.2) is 55.9 Å². The zero-order valence-corrected chi connectivity index (χ0v) is 10.3. The molecule has 1 aliphatic heterocycles. The standard InChI is InChI=1S/C12H24N2O/c1-4-5-12(15)10-14(3)9-11-6-7-13(2)8-11/h11H,4-10H2,1-3H3. The number of Topliss-reactive ketones (excluding diaryl/α,β-unsaturated/α-hetero) is 1. The first kappa shape index (κ1) is 12.7. The number of carbonyl (C=O) groups excluding carboxylic acids is 1. The van der Waals surface area contributed by atoms with Crippen molar-refractivity contribution in [1.82, 2.24) is 9.80 Å². The number of rotatable bonds is 6. The van der Waals surface area contributed by atoms with Crippen molar-refractivity contribution in [2.24, 2.45) is 5.92 Å². The molecule has 15 heavy (non-hydrogen) atoms. The number of carbonyl (C=O) groups is 1. The summed E-state index contributed by atoms with van der Waals surface area (Å²) in [5.41, 5.74) is 0. The Hall–Kier alpha value is -0.410. The van der Waals surface area contributed by atoms with Gasteiger partial charge in [-0.1, -0.05) is 6.92 Å². The number of likely N-dealkylation sites (N-methyl/N-ethyl adjacent to an activating group) is 1. The molecule has 0 N–H and O–H groups in total. The topological polar surface area (TPSA) is 23.6 Å². The third-order valence-electron chi connectivity index (χ3n) is 3.03. The van der Waals surface area contributed by atoms with Crippen LogP contribution < -0.4 is 0 Å². The van der Waals surface area contributed by atoms with E-state index in [2.05, 4.69) is 30.8 Å². The highest BCUT2D eigenvalue weighted by atomic mass is 16.1. The predicted octanol–water partition coefficient (Wildman–Crippen LogP) is 1.24. The van der Waals surface area contributed by atoms with Gasteiger partial charge in [-0.25, -0.2) is 0 Å². The first-order chi connectivity index (χ1) is 7.11. The summed E-state index contributed by atoms with van der Waals surface area (Å²) in [7, 11) is 4.23. The average molecular weight is 212 g/mol. The second-order valence-corrected chi connectivity index (χ2v) is 4.90. The minimum Gasteiger partial charge on any atom is -0.306 e. The molecular weight excluding hydrogens is 188 g/mol. The zero-order valence-electron chi connectivity index (χ0n) is 10.3. The molecule has 1 aliphatic rings. The molecule has 0 radical (unpaired) electrons. The first-order valence-corrected chi connectivity index (χ1v) is 6.00. The van der Waals surface area contributed by atoms with Crippen LogP contribution in [0.4, 0.5) is 0 Å². The van der Waals surface area contributed by atoms with E-state index in [-0.39, 0.29) is 0 Å². The molecule has 1 rings (SSSR count). The molecule has 3 heteroatoms. The molecule has 0 saturated carbocycles. The normalized spacial score (nSPS) is 22.5. The van der Waals surface area contributed by atoms with Crippen LogP contribution in [0.5, 0.6) is 0 Å². The van der Waals surface area contributed by atoms with Gasteiger partial charge in [0.2, 0.25) is 0 Å². The Morgan fingerprint density at radius 3 is 2.80 bits per heavy atom. The van der Waals surface area contributed by atoms with Crippen molar-refractivity contribution in [2.45, 2.75) is 26.2 Å². The monoisotopic (exact) mass is 212 g/mol. The largest absolute Gasteiger partial charge is 0.306 e. The molecule has 88 valence electrons. The van der Waals surface area contributed by atoms with Gasteiger partial charge in [0.1, 0.15) is 5.78 Å². The Balaban J connectivity index is 2.18. The van der Waals surface area contributed by atoms with E-state index in [1.54, 1.807) is 0 Å². The fraction of sp³-hybridized carbons (Fsp3) is 0.917. The van der Waals surface area contributed by atoms with Gasteiger partial charge >= 0.3 is 0 Å². The van der Waals surface area contributed by atoms with Gasteiger partial charge in [-0.3, -0.25) is 9.69 Å². The molecule has 0 amide bonds. The Labute approximate surface area is 93.4 Å². The average Bonchev–Trinajstić information content (AvgIpc) is 2.51. The molecule has 0 bridgehead atoms. The van der Waals surface area contributed by atoms with E-state index in [9.17, 15) is 4.79 Å². The maximum atomic E-state index is 11.4. The number of likely N-dealkylation sites (tertiary alicyclic amines) is 1. The van der Waals surface area contributed by atoms with Gasteiger partial charge in [0, 0.05) is 19.5 Å². The number of ketones is 1. The summed E-state index contributed by atoms with van der Waals surface area (Å²) in [5.74, 6) is 1.14. The van der Waals surface area contributed by atoms with E-state index in [0.29, 0.717) is 12.3 Å². The zero-order chi connectivity index (χ0) is 11.3. The third kappa shape index (κ3) is 4.76. The molecule has 3 nitrogen and oxygen atoms in total. The highest BCUT2D eigenvalue weighted by Crippen LogP contribution is 2.14. The summed E-state index contributed by atoms with van der Waals surface area (Å²) in [6.45, 7) is 6.16. The quantitative estimate of drug-likeness (QED) is 0.662. The Morgan fingerprint density at radius 1 is 1.53 bits per heavy atom. The second-order valence-electron chi connectivity index (χ2n) is 4.90. The summed E-state index contributed by atoms with van der Waals surface area (Å²) >= 11 is 0. The lowest BCUT2D eigenvalue weighted by atomic mass is 10.1. The van der Waals surface area contributed by atoms with Crippen LogP contribution in [0.1, 0.15) is 26.2 Å². The summed E-state index contributed by atoms with van der Waals surface area (Å²) in [6, 6.07) is 0.